The Morgan fingerprint density at radius 2 is 1.02 bits per heavy atom. The molecule has 2 aromatic heterocycles. The third-order valence-electron chi connectivity index (χ3n) is 7.83. The van der Waals surface area contributed by atoms with Crippen molar-refractivity contribution in [3.63, 3.8) is 0 Å². The van der Waals surface area contributed by atoms with E-state index in [1.807, 2.05) is 52.0 Å². The van der Waals surface area contributed by atoms with Gasteiger partial charge in [-0.25, -0.2) is 0 Å². The maximum atomic E-state index is 12.6. The van der Waals surface area contributed by atoms with E-state index < -0.39 is 17.2 Å². The molecule has 0 saturated heterocycles. The molecule has 1 atom stereocenters. The molecule has 0 fully saturated rings. The Bertz CT molecular complexity index is 2360. The summed E-state index contributed by atoms with van der Waals surface area (Å²) in [6.07, 6.45) is -3.09. The van der Waals surface area contributed by atoms with E-state index in [0.717, 1.165) is 38.8 Å². The fourth-order valence-electron chi connectivity index (χ4n) is 5.46. The summed E-state index contributed by atoms with van der Waals surface area (Å²) in [6, 6.07) is 28.1. The highest BCUT2D eigenvalue weighted by molar-refractivity contribution is 9.10. The fourth-order valence-corrected chi connectivity index (χ4v) is 6.28. The Labute approximate surface area is 314 Å². The number of aryl methyl sites for hydroxylation is 4. The van der Waals surface area contributed by atoms with Crippen LogP contribution >= 0.6 is 15.9 Å². The fraction of sp³-hybridized carbons (Fsp3) is 0.150. The van der Waals surface area contributed by atoms with Crippen molar-refractivity contribution in [2.75, 3.05) is 6.26 Å². The molecule has 0 amide bonds. The Kier molecular flexibility index (Phi) is 12.1. The molecule has 2 N–H and O–H groups in total. The van der Waals surface area contributed by atoms with E-state index in [9.17, 15) is 27.0 Å². The molecule has 274 valence electrons. The standard InChI is InChI=1S/C20H18BrNO3S.C20H16F3NO3/c1-12-18(20(23)19(21)13(2)22-12)14-4-6-15(7-5-14)25-16-8-10-17(11-9-16)26(3)24;1-12-11-18(25)19(13(2)24-12)14-3-5-15(6-4-14)26-16-7-9-17(10-8-16)27-20(21,22)23/h4-11H,1-3H3,(H,22,23);3-11H,1-2H3,(H,24,25). The number of aromatic nitrogens is 2. The Hall–Kier alpha value is -5.40. The number of aromatic amines is 2. The lowest BCUT2D eigenvalue weighted by Crippen LogP contribution is -2.16. The normalized spacial score (nSPS) is 11.6. The van der Waals surface area contributed by atoms with Gasteiger partial charge in [0.25, 0.3) is 0 Å². The third-order valence-corrected chi connectivity index (χ3v) is 9.72. The van der Waals surface area contributed by atoms with Gasteiger partial charge in [-0.05, 0) is 128 Å². The number of pyridine rings is 2. The minimum atomic E-state index is -4.73. The van der Waals surface area contributed by atoms with Gasteiger partial charge in [-0.3, -0.25) is 13.8 Å². The lowest BCUT2D eigenvalue weighted by Gasteiger charge is -2.11. The van der Waals surface area contributed by atoms with Crippen LogP contribution in [-0.2, 0) is 10.8 Å². The van der Waals surface area contributed by atoms with Gasteiger partial charge in [0, 0.05) is 61.9 Å². The molecule has 0 aliphatic carbocycles. The van der Waals surface area contributed by atoms with E-state index in [2.05, 4.69) is 30.6 Å². The highest BCUT2D eigenvalue weighted by atomic mass is 79.9. The van der Waals surface area contributed by atoms with Gasteiger partial charge in [0.2, 0.25) is 5.43 Å². The van der Waals surface area contributed by atoms with Crippen molar-refractivity contribution < 1.29 is 31.6 Å². The number of ether oxygens (including phenoxy) is 3. The summed E-state index contributed by atoms with van der Waals surface area (Å²) >= 11 is 3.35. The van der Waals surface area contributed by atoms with Crippen molar-refractivity contribution in [3.8, 4) is 51.0 Å². The summed E-state index contributed by atoms with van der Waals surface area (Å²) in [5, 5.41) is 0. The zero-order valence-corrected chi connectivity index (χ0v) is 31.6. The molecule has 0 bridgehead atoms. The zero-order valence-electron chi connectivity index (χ0n) is 29.2. The number of rotatable bonds is 8. The largest absolute Gasteiger partial charge is 0.573 e. The first kappa shape index (κ1) is 38.8. The van der Waals surface area contributed by atoms with E-state index in [0.29, 0.717) is 38.6 Å². The number of hydrogen-bond acceptors (Lipinski definition) is 6. The Balaban J connectivity index is 0.000000204. The summed E-state index contributed by atoms with van der Waals surface area (Å²) in [7, 11) is -1.01. The number of alkyl halides is 3. The van der Waals surface area contributed by atoms with Gasteiger partial charge in [-0.15, -0.1) is 13.2 Å². The molecule has 2 heterocycles. The first-order valence-electron chi connectivity index (χ1n) is 16.0. The summed E-state index contributed by atoms with van der Waals surface area (Å²) < 4.78 is 63.7. The Morgan fingerprint density at radius 1 is 0.604 bits per heavy atom. The van der Waals surface area contributed by atoms with Gasteiger partial charge < -0.3 is 24.2 Å². The lowest BCUT2D eigenvalue weighted by atomic mass is 10.0. The monoisotopic (exact) mass is 806 g/mol. The summed E-state index contributed by atoms with van der Waals surface area (Å²) in [4.78, 5) is 31.9. The second-order valence-corrected chi connectivity index (χ2v) is 14.1. The van der Waals surface area contributed by atoms with Crippen molar-refractivity contribution in [1.29, 1.82) is 0 Å². The van der Waals surface area contributed by atoms with Crippen molar-refractivity contribution in [2.24, 2.45) is 0 Å². The predicted octanol–water partition coefficient (Wildman–Crippen LogP) is 10.3. The molecular weight excluding hydrogens is 773 g/mol. The zero-order chi connectivity index (χ0) is 38.4. The topological polar surface area (TPSA) is 110 Å². The SMILES string of the molecule is Cc1[nH]c(C)c(-c2ccc(Oc3ccc(S(C)=O)cc3)cc2)c(=O)c1Br.Cc1cc(=O)c(-c2ccc(Oc3ccc(OC(F)(F)F)cc3)cc2)c(C)[nH]1. The van der Waals surface area contributed by atoms with Crippen molar-refractivity contribution in [3.05, 3.63) is 151 Å². The van der Waals surface area contributed by atoms with Crippen LogP contribution in [0.25, 0.3) is 22.3 Å². The van der Waals surface area contributed by atoms with Gasteiger partial charge in [-0.1, -0.05) is 24.3 Å². The van der Waals surface area contributed by atoms with Crippen LogP contribution < -0.4 is 25.1 Å². The van der Waals surface area contributed by atoms with E-state index in [1.165, 1.54) is 30.3 Å². The van der Waals surface area contributed by atoms with Crippen LogP contribution in [0.5, 0.6) is 28.7 Å². The van der Waals surface area contributed by atoms with E-state index in [-0.39, 0.29) is 16.6 Å². The summed E-state index contributed by atoms with van der Waals surface area (Å²) in [6.45, 7) is 7.40. The first-order chi connectivity index (χ1) is 25.1. The van der Waals surface area contributed by atoms with Crippen molar-refractivity contribution in [2.45, 2.75) is 39.0 Å². The number of nitrogens with one attached hydrogen (secondary N) is 2. The molecule has 0 saturated carbocycles. The van der Waals surface area contributed by atoms with E-state index in [1.54, 1.807) is 54.8 Å². The molecule has 0 aliphatic rings. The Morgan fingerprint density at radius 3 is 1.47 bits per heavy atom. The minimum Gasteiger partial charge on any atom is -0.457 e. The van der Waals surface area contributed by atoms with Gasteiger partial charge in [0.1, 0.15) is 28.7 Å². The number of halogens is 4. The van der Waals surface area contributed by atoms with Gasteiger partial charge in [0.05, 0.1) is 4.47 Å². The minimum absolute atomic E-state index is 0.0319. The van der Waals surface area contributed by atoms with E-state index >= 15 is 0 Å². The maximum Gasteiger partial charge on any atom is 0.573 e. The van der Waals surface area contributed by atoms with Crippen molar-refractivity contribution in [1.82, 2.24) is 9.97 Å². The third kappa shape index (κ3) is 10.1. The lowest BCUT2D eigenvalue weighted by molar-refractivity contribution is -0.274. The molecule has 6 aromatic rings. The number of hydrogen-bond donors (Lipinski definition) is 2. The second kappa shape index (κ2) is 16.5. The van der Waals surface area contributed by atoms with Crippen LogP contribution in [-0.4, -0.2) is 26.8 Å². The highest BCUT2D eigenvalue weighted by Gasteiger charge is 2.31. The smallest absolute Gasteiger partial charge is 0.457 e. The van der Waals surface area contributed by atoms with E-state index in [4.69, 9.17) is 9.47 Å². The average Bonchev–Trinajstić information content (AvgIpc) is 3.09. The van der Waals surface area contributed by atoms with Crippen LogP contribution in [0, 0.1) is 27.7 Å². The molecule has 8 nitrogen and oxygen atoms in total. The van der Waals surface area contributed by atoms with Crippen molar-refractivity contribution >= 4 is 26.7 Å². The quantitative estimate of drug-likeness (QED) is 0.158. The predicted molar refractivity (Wildman–Crippen MR) is 204 cm³/mol. The number of H-pyrrole nitrogens is 2. The average molecular weight is 808 g/mol. The second-order valence-electron chi connectivity index (χ2n) is 11.9. The van der Waals surface area contributed by atoms with Gasteiger partial charge >= 0.3 is 6.36 Å². The molecule has 6 rings (SSSR count). The van der Waals surface area contributed by atoms with Crippen LogP contribution in [0.4, 0.5) is 13.2 Å². The van der Waals surface area contributed by atoms with Crippen LogP contribution in [0.3, 0.4) is 0 Å². The summed E-state index contributed by atoms with van der Waals surface area (Å²) in [5.74, 6) is 1.86. The molecule has 0 radical (unpaired) electrons. The number of benzene rings is 4. The maximum absolute atomic E-state index is 12.6. The molecule has 1 unspecified atom stereocenters. The van der Waals surface area contributed by atoms with Gasteiger partial charge in [0.15, 0.2) is 5.43 Å². The molecule has 0 aliphatic heterocycles. The van der Waals surface area contributed by atoms with Crippen LogP contribution in [0.2, 0.25) is 0 Å². The molecule has 53 heavy (non-hydrogen) atoms. The first-order valence-corrected chi connectivity index (χ1v) is 18.4. The van der Waals surface area contributed by atoms with Crippen LogP contribution in [0.15, 0.2) is 122 Å². The van der Waals surface area contributed by atoms with Crippen LogP contribution in [0.1, 0.15) is 22.8 Å². The molecule has 4 aromatic carbocycles. The molecule has 13 heteroatoms. The molecular formula is C40H34BrF3N2O6S. The molecule has 0 spiro atoms. The summed E-state index contributed by atoms with van der Waals surface area (Å²) in [5.41, 5.74) is 5.90. The highest BCUT2D eigenvalue weighted by Crippen LogP contribution is 2.30. The van der Waals surface area contributed by atoms with Gasteiger partial charge in [-0.2, -0.15) is 0 Å².